The topological polar surface area (TPSA) is 55.1 Å². The Morgan fingerprint density at radius 2 is 2.12 bits per heavy atom. The van der Waals surface area contributed by atoms with Gasteiger partial charge in [-0.25, -0.2) is 0 Å². The predicted molar refractivity (Wildman–Crippen MR) is 73.6 cm³/mol. The summed E-state index contributed by atoms with van der Waals surface area (Å²) < 4.78 is 0.997. The molecule has 0 aliphatic carbocycles. The maximum absolute atomic E-state index is 11.8. The number of nitrogens with two attached hydrogens (primary N) is 1. The lowest BCUT2D eigenvalue weighted by Gasteiger charge is -2.18. The average molecular weight is 299 g/mol. The molecular weight excluding hydrogens is 280 g/mol. The number of carbonyl (C=O) groups is 1. The third kappa shape index (κ3) is 4.13. The van der Waals surface area contributed by atoms with Gasteiger partial charge in [-0.1, -0.05) is 47.5 Å². The van der Waals surface area contributed by atoms with Crippen molar-refractivity contribution in [3.63, 3.8) is 0 Å². The highest BCUT2D eigenvalue weighted by Crippen LogP contribution is 2.22. The minimum absolute atomic E-state index is 0.0408. The van der Waals surface area contributed by atoms with Crippen molar-refractivity contribution in [2.75, 3.05) is 0 Å². The van der Waals surface area contributed by atoms with E-state index in [1.54, 1.807) is 0 Å². The second-order valence-corrected chi connectivity index (χ2v) is 5.00. The van der Waals surface area contributed by atoms with Gasteiger partial charge < -0.3 is 11.1 Å². The second kappa shape index (κ2) is 6.77. The highest BCUT2D eigenvalue weighted by Gasteiger charge is 2.16. The molecule has 0 radical (unpaired) electrons. The molecule has 0 saturated carbocycles. The minimum atomic E-state index is -0.412. The molecule has 3 N–H and O–H groups in total. The van der Waals surface area contributed by atoms with Crippen LogP contribution in [0.3, 0.4) is 0 Å². The van der Waals surface area contributed by atoms with E-state index in [2.05, 4.69) is 21.2 Å². The van der Waals surface area contributed by atoms with E-state index in [1.807, 2.05) is 38.1 Å². The molecule has 1 rings (SSSR count). The largest absolute Gasteiger partial charge is 0.348 e. The molecule has 0 fully saturated rings. The highest BCUT2D eigenvalue weighted by molar-refractivity contribution is 9.10. The second-order valence-electron chi connectivity index (χ2n) is 4.15. The van der Waals surface area contributed by atoms with Gasteiger partial charge in [0.2, 0.25) is 5.91 Å². The van der Waals surface area contributed by atoms with Crippen molar-refractivity contribution in [2.24, 2.45) is 5.73 Å². The molecule has 3 nitrogen and oxygen atoms in total. The Hall–Kier alpha value is -0.870. The van der Waals surface area contributed by atoms with Gasteiger partial charge in [0.1, 0.15) is 0 Å². The zero-order chi connectivity index (χ0) is 12.8. The molecule has 0 heterocycles. The summed E-state index contributed by atoms with van der Waals surface area (Å²) in [5.74, 6) is -0.0879. The number of hydrogen-bond donors (Lipinski definition) is 2. The fourth-order valence-electron chi connectivity index (χ4n) is 1.67. The first-order valence-electron chi connectivity index (χ1n) is 5.86. The van der Waals surface area contributed by atoms with E-state index in [0.29, 0.717) is 6.42 Å². The summed E-state index contributed by atoms with van der Waals surface area (Å²) in [7, 11) is 0. The summed E-state index contributed by atoms with van der Waals surface area (Å²) >= 11 is 3.47. The summed E-state index contributed by atoms with van der Waals surface area (Å²) in [6.07, 6.45) is 1.63. The molecule has 0 aliphatic heterocycles. The summed E-state index contributed by atoms with van der Waals surface area (Å²) in [4.78, 5) is 11.8. The van der Waals surface area contributed by atoms with Gasteiger partial charge in [0.25, 0.3) is 0 Å². The van der Waals surface area contributed by atoms with E-state index in [-0.39, 0.29) is 11.9 Å². The van der Waals surface area contributed by atoms with Gasteiger partial charge in [-0.15, -0.1) is 0 Å². The Balaban J connectivity index is 2.63. The maximum Gasteiger partial charge on any atom is 0.237 e. The van der Waals surface area contributed by atoms with Crippen molar-refractivity contribution >= 4 is 21.8 Å². The van der Waals surface area contributed by atoms with Crippen LogP contribution in [0.5, 0.6) is 0 Å². The van der Waals surface area contributed by atoms with Gasteiger partial charge in [-0.3, -0.25) is 4.79 Å². The van der Waals surface area contributed by atoms with Crippen LogP contribution in [0.15, 0.2) is 28.7 Å². The fraction of sp³-hybridized carbons (Fsp3) is 0.462. The van der Waals surface area contributed by atoms with Gasteiger partial charge >= 0.3 is 0 Å². The van der Waals surface area contributed by atoms with E-state index in [0.717, 1.165) is 16.5 Å². The number of nitrogens with one attached hydrogen (secondary N) is 1. The zero-order valence-electron chi connectivity index (χ0n) is 10.2. The normalized spacial score (nSPS) is 14.1. The molecule has 0 aliphatic rings. The van der Waals surface area contributed by atoms with Crippen LogP contribution >= 0.6 is 15.9 Å². The summed E-state index contributed by atoms with van der Waals surface area (Å²) in [5, 5.41) is 2.93. The van der Waals surface area contributed by atoms with Crippen LogP contribution in [-0.4, -0.2) is 11.9 Å². The zero-order valence-corrected chi connectivity index (χ0v) is 11.8. The average Bonchev–Trinajstić information content (AvgIpc) is 2.29. The molecule has 17 heavy (non-hydrogen) atoms. The van der Waals surface area contributed by atoms with Crippen LogP contribution in [0.25, 0.3) is 0 Å². The number of halogens is 1. The molecule has 0 saturated heterocycles. The van der Waals surface area contributed by atoms with E-state index in [9.17, 15) is 4.79 Å². The van der Waals surface area contributed by atoms with E-state index >= 15 is 0 Å². The van der Waals surface area contributed by atoms with Crippen molar-refractivity contribution in [1.82, 2.24) is 5.32 Å². The molecule has 1 unspecified atom stereocenters. The summed E-state index contributed by atoms with van der Waals surface area (Å²) in [6, 6.07) is 7.40. The van der Waals surface area contributed by atoms with Crippen molar-refractivity contribution in [3.05, 3.63) is 34.3 Å². The molecule has 0 aromatic heterocycles. The van der Waals surface area contributed by atoms with Gasteiger partial charge in [0.15, 0.2) is 0 Å². The molecule has 1 aromatic carbocycles. The molecule has 1 amide bonds. The Bertz CT molecular complexity index is 381. The van der Waals surface area contributed by atoms with E-state index < -0.39 is 6.04 Å². The lowest BCUT2D eigenvalue weighted by atomic mass is 10.1. The van der Waals surface area contributed by atoms with Crippen LogP contribution in [0.4, 0.5) is 0 Å². The van der Waals surface area contributed by atoms with Gasteiger partial charge in [0.05, 0.1) is 12.1 Å². The molecule has 94 valence electrons. The molecule has 2 atom stereocenters. The highest BCUT2D eigenvalue weighted by atomic mass is 79.9. The predicted octanol–water partition coefficient (Wildman–Crippen LogP) is 2.75. The number of benzene rings is 1. The maximum atomic E-state index is 11.8. The van der Waals surface area contributed by atoms with E-state index in [4.69, 9.17) is 5.73 Å². The number of hydrogen-bond acceptors (Lipinski definition) is 2. The van der Waals surface area contributed by atoms with E-state index in [1.165, 1.54) is 0 Å². The molecule has 4 heteroatoms. The Morgan fingerprint density at radius 1 is 1.47 bits per heavy atom. The number of rotatable bonds is 5. The first-order valence-corrected chi connectivity index (χ1v) is 6.66. The Kier molecular flexibility index (Phi) is 5.65. The standard InChI is InChI=1S/C13H19BrN2O/c1-3-6-12(15)13(17)16-9(2)10-7-4-5-8-11(10)14/h4-5,7-9,12H,3,6,15H2,1-2H3,(H,16,17)/t9?,12-/m1/s1. The number of carbonyl (C=O) groups excluding carboxylic acids is 1. The SMILES string of the molecule is CCC[C@@H](N)C(=O)NC(C)c1ccccc1Br. The third-order valence-corrected chi connectivity index (χ3v) is 3.39. The van der Waals surface area contributed by atoms with Gasteiger partial charge in [-0.2, -0.15) is 0 Å². The van der Waals surface area contributed by atoms with Gasteiger partial charge in [-0.05, 0) is 25.0 Å². The lowest BCUT2D eigenvalue weighted by molar-refractivity contribution is -0.123. The van der Waals surface area contributed by atoms with Crippen LogP contribution in [0, 0.1) is 0 Å². The van der Waals surface area contributed by atoms with Crippen molar-refractivity contribution in [2.45, 2.75) is 38.8 Å². The van der Waals surface area contributed by atoms with Crippen LogP contribution in [0.1, 0.15) is 38.3 Å². The van der Waals surface area contributed by atoms with Crippen LogP contribution in [-0.2, 0) is 4.79 Å². The van der Waals surface area contributed by atoms with Crippen molar-refractivity contribution in [3.8, 4) is 0 Å². The summed E-state index contributed by atoms with van der Waals surface area (Å²) in [6.45, 7) is 3.97. The number of amides is 1. The third-order valence-electron chi connectivity index (χ3n) is 2.67. The monoisotopic (exact) mass is 298 g/mol. The molecule has 1 aromatic rings. The minimum Gasteiger partial charge on any atom is -0.348 e. The first kappa shape index (κ1) is 14.2. The Labute approximate surface area is 111 Å². The van der Waals surface area contributed by atoms with Crippen molar-refractivity contribution < 1.29 is 4.79 Å². The lowest BCUT2D eigenvalue weighted by Crippen LogP contribution is -2.41. The first-order chi connectivity index (χ1) is 8.06. The molecule has 0 spiro atoms. The quantitative estimate of drug-likeness (QED) is 0.878. The summed E-state index contributed by atoms with van der Waals surface area (Å²) in [5.41, 5.74) is 6.83. The van der Waals surface area contributed by atoms with Crippen LogP contribution < -0.4 is 11.1 Å². The molecule has 0 bridgehead atoms. The Morgan fingerprint density at radius 3 is 2.71 bits per heavy atom. The smallest absolute Gasteiger partial charge is 0.237 e. The van der Waals surface area contributed by atoms with Gasteiger partial charge in [0, 0.05) is 4.47 Å². The van der Waals surface area contributed by atoms with Crippen LogP contribution in [0.2, 0.25) is 0 Å². The molecular formula is C13H19BrN2O. The van der Waals surface area contributed by atoms with Crippen molar-refractivity contribution in [1.29, 1.82) is 0 Å². The fourth-order valence-corrected chi connectivity index (χ4v) is 2.29.